The Balaban J connectivity index is 2.01. The van der Waals surface area contributed by atoms with E-state index in [-0.39, 0.29) is 18.4 Å². The second-order valence-corrected chi connectivity index (χ2v) is 7.48. The molecule has 0 saturated carbocycles. The molecule has 0 atom stereocenters. The molecule has 158 valence electrons. The summed E-state index contributed by atoms with van der Waals surface area (Å²) in [7, 11) is 1.57. The van der Waals surface area contributed by atoms with Gasteiger partial charge in [0.05, 0.1) is 18.7 Å². The Hall–Kier alpha value is -2.99. The highest BCUT2D eigenvalue weighted by Crippen LogP contribution is 2.33. The Morgan fingerprint density at radius 3 is 2.43 bits per heavy atom. The van der Waals surface area contributed by atoms with E-state index in [0.717, 1.165) is 28.7 Å². The van der Waals surface area contributed by atoms with E-state index in [1.165, 1.54) is 4.90 Å². The smallest absolute Gasteiger partial charge is 0.277 e. The highest BCUT2D eigenvalue weighted by molar-refractivity contribution is 6.35. The minimum atomic E-state index is -0.249. The molecule has 2 heterocycles. The molecular weight excluding hydrogens is 378 g/mol. The van der Waals surface area contributed by atoms with Crippen LogP contribution in [0.4, 0.5) is 0 Å². The molecule has 6 nitrogen and oxygen atoms in total. The standard InChI is InChI=1S/C24H29N3O3/c1-5-26(13-10-19-8-11-25-12-9-19)22-21(20-7-6-17(2)16-18(20)3)23(28)27(24(22)29)14-15-30-4/h6-9,11-12,16H,5,10,13-15H2,1-4H3. The van der Waals surface area contributed by atoms with E-state index in [4.69, 9.17) is 4.74 Å². The Morgan fingerprint density at radius 1 is 1.07 bits per heavy atom. The first-order valence-electron chi connectivity index (χ1n) is 10.3. The lowest BCUT2D eigenvalue weighted by atomic mass is 9.97. The van der Waals surface area contributed by atoms with Crippen molar-refractivity contribution in [2.45, 2.75) is 27.2 Å². The SMILES string of the molecule is CCN(CCc1ccncc1)C1=C(c2ccc(C)cc2C)C(=O)N(CCOC)C1=O. The number of likely N-dealkylation sites (N-methyl/N-ethyl adjacent to an activating group) is 1. The fourth-order valence-electron chi connectivity index (χ4n) is 3.82. The molecule has 3 rings (SSSR count). The zero-order chi connectivity index (χ0) is 21.7. The summed E-state index contributed by atoms with van der Waals surface area (Å²) in [5, 5.41) is 0. The minimum absolute atomic E-state index is 0.244. The molecule has 0 N–H and O–H groups in total. The summed E-state index contributed by atoms with van der Waals surface area (Å²) >= 11 is 0. The normalized spacial score (nSPS) is 14.1. The number of pyridine rings is 1. The largest absolute Gasteiger partial charge is 0.383 e. The molecule has 1 aromatic carbocycles. The Morgan fingerprint density at radius 2 is 1.80 bits per heavy atom. The van der Waals surface area contributed by atoms with Crippen LogP contribution in [0, 0.1) is 13.8 Å². The van der Waals surface area contributed by atoms with E-state index in [9.17, 15) is 9.59 Å². The van der Waals surface area contributed by atoms with Crippen LogP contribution >= 0.6 is 0 Å². The molecule has 0 bridgehead atoms. The number of amides is 2. The van der Waals surface area contributed by atoms with Gasteiger partial charge in [0.25, 0.3) is 11.8 Å². The zero-order valence-electron chi connectivity index (χ0n) is 18.1. The number of nitrogens with zero attached hydrogens (tertiary/aromatic N) is 3. The summed E-state index contributed by atoms with van der Waals surface area (Å²) in [6.45, 7) is 7.84. The lowest BCUT2D eigenvalue weighted by Gasteiger charge is -2.25. The molecule has 0 saturated heterocycles. The Kier molecular flexibility index (Phi) is 7.00. The van der Waals surface area contributed by atoms with Crippen LogP contribution in [0.5, 0.6) is 0 Å². The summed E-state index contributed by atoms with van der Waals surface area (Å²) < 4.78 is 5.12. The van der Waals surface area contributed by atoms with Crippen LogP contribution in [-0.2, 0) is 20.7 Å². The second kappa shape index (κ2) is 9.67. The molecule has 30 heavy (non-hydrogen) atoms. The van der Waals surface area contributed by atoms with Crippen LogP contribution in [-0.4, -0.2) is 59.9 Å². The zero-order valence-corrected chi connectivity index (χ0v) is 18.1. The van der Waals surface area contributed by atoms with Crippen LogP contribution in [0.25, 0.3) is 5.57 Å². The molecule has 1 aliphatic rings. The van der Waals surface area contributed by atoms with Crippen LogP contribution in [0.2, 0.25) is 0 Å². The van der Waals surface area contributed by atoms with E-state index in [1.807, 2.05) is 56.0 Å². The summed E-state index contributed by atoms with van der Waals surface area (Å²) in [6.07, 6.45) is 4.30. The lowest BCUT2D eigenvalue weighted by Crippen LogP contribution is -2.37. The summed E-state index contributed by atoms with van der Waals surface area (Å²) in [4.78, 5) is 34.0. The van der Waals surface area contributed by atoms with Crippen molar-refractivity contribution in [3.63, 3.8) is 0 Å². The van der Waals surface area contributed by atoms with Crippen molar-refractivity contribution in [1.82, 2.24) is 14.8 Å². The third kappa shape index (κ3) is 4.44. The van der Waals surface area contributed by atoms with Crippen molar-refractivity contribution >= 4 is 17.4 Å². The van der Waals surface area contributed by atoms with Gasteiger partial charge < -0.3 is 9.64 Å². The molecule has 1 aliphatic heterocycles. The van der Waals surface area contributed by atoms with Crippen LogP contribution < -0.4 is 0 Å². The number of hydrogen-bond donors (Lipinski definition) is 0. The van der Waals surface area contributed by atoms with Gasteiger partial charge in [-0.3, -0.25) is 19.5 Å². The first kappa shape index (κ1) is 21.7. The number of benzene rings is 1. The van der Waals surface area contributed by atoms with Crippen molar-refractivity contribution in [3.05, 3.63) is 70.7 Å². The molecule has 0 aliphatic carbocycles. The van der Waals surface area contributed by atoms with Gasteiger partial charge in [-0.05, 0) is 56.0 Å². The maximum atomic E-state index is 13.3. The molecule has 0 radical (unpaired) electrons. The van der Waals surface area contributed by atoms with Gasteiger partial charge in [0.2, 0.25) is 0 Å². The van der Waals surface area contributed by atoms with Crippen molar-refractivity contribution in [1.29, 1.82) is 0 Å². The molecule has 1 aromatic heterocycles. The van der Waals surface area contributed by atoms with Crippen molar-refractivity contribution in [2.24, 2.45) is 0 Å². The topological polar surface area (TPSA) is 62.7 Å². The average molecular weight is 408 g/mol. The van der Waals surface area contributed by atoms with Crippen molar-refractivity contribution in [3.8, 4) is 0 Å². The van der Waals surface area contributed by atoms with Crippen LogP contribution in [0.1, 0.15) is 29.2 Å². The van der Waals surface area contributed by atoms with E-state index in [0.29, 0.717) is 31.0 Å². The average Bonchev–Trinajstić information content (AvgIpc) is 2.98. The van der Waals surface area contributed by atoms with Gasteiger partial charge in [-0.2, -0.15) is 0 Å². The number of aromatic nitrogens is 1. The van der Waals surface area contributed by atoms with Crippen molar-refractivity contribution in [2.75, 3.05) is 33.4 Å². The minimum Gasteiger partial charge on any atom is -0.383 e. The van der Waals surface area contributed by atoms with E-state index >= 15 is 0 Å². The number of rotatable bonds is 9. The first-order chi connectivity index (χ1) is 14.5. The second-order valence-electron chi connectivity index (χ2n) is 7.48. The number of imide groups is 1. The molecule has 0 fully saturated rings. The Labute approximate surface area is 178 Å². The number of aryl methyl sites for hydroxylation is 2. The maximum Gasteiger partial charge on any atom is 0.277 e. The number of hydrogen-bond acceptors (Lipinski definition) is 5. The molecular formula is C24H29N3O3. The van der Waals surface area contributed by atoms with E-state index < -0.39 is 0 Å². The lowest BCUT2D eigenvalue weighted by molar-refractivity contribution is -0.138. The molecule has 2 aromatic rings. The number of methoxy groups -OCH3 is 1. The van der Waals surface area contributed by atoms with E-state index in [2.05, 4.69) is 4.98 Å². The number of carbonyl (C=O) groups excluding carboxylic acids is 2. The quantitative estimate of drug-likeness (QED) is 0.598. The van der Waals surface area contributed by atoms with Gasteiger partial charge in [-0.1, -0.05) is 23.8 Å². The number of carbonyl (C=O) groups is 2. The van der Waals surface area contributed by atoms with Gasteiger partial charge in [-0.15, -0.1) is 0 Å². The van der Waals surface area contributed by atoms with Gasteiger partial charge in [0.15, 0.2) is 0 Å². The monoisotopic (exact) mass is 407 g/mol. The highest BCUT2D eigenvalue weighted by Gasteiger charge is 2.41. The Bertz CT molecular complexity index is 953. The summed E-state index contributed by atoms with van der Waals surface area (Å²) in [5.41, 5.74) is 5.05. The van der Waals surface area contributed by atoms with Gasteiger partial charge in [0, 0.05) is 32.6 Å². The summed E-state index contributed by atoms with van der Waals surface area (Å²) in [6, 6.07) is 9.92. The predicted molar refractivity (Wildman–Crippen MR) is 117 cm³/mol. The number of ether oxygens (including phenoxy) is 1. The molecule has 0 spiro atoms. The predicted octanol–water partition coefficient (Wildman–Crippen LogP) is 2.99. The molecule has 2 amide bonds. The first-order valence-corrected chi connectivity index (χ1v) is 10.3. The highest BCUT2D eigenvalue weighted by atomic mass is 16.5. The fraction of sp³-hybridized carbons (Fsp3) is 0.375. The third-order valence-electron chi connectivity index (χ3n) is 5.43. The van der Waals surface area contributed by atoms with Crippen LogP contribution in [0.3, 0.4) is 0 Å². The molecule has 6 heteroatoms. The van der Waals surface area contributed by atoms with E-state index in [1.54, 1.807) is 19.5 Å². The van der Waals surface area contributed by atoms with Crippen molar-refractivity contribution < 1.29 is 14.3 Å². The molecule has 0 unspecified atom stereocenters. The fourth-order valence-corrected chi connectivity index (χ4v) is 3.82. The van der Waals surface area contributed by atoms with Gasteiger partial charge in [-0.25, -0.2) is 0 Å². The maximum absolute atomic E-state index is 13.3. The van der Waals surface area contributed by atoms with Crippen LogP contribution in [0.15, 0.2) is 48.4 Å². The van der Waals surface area contributed by atoms with Gasteiger partial charge >= 0.3 is 0 Å². The summed E-state index contributed by atoms with van der Waals surface area (Å²) in [5.74, 6) is -0.495. The van der Waals surface area contributed by atoms with Gasteiger partial charge in [0.1, 0.15) is 5.70 Å². The third-order valence-corrected chi connectivity index (χ3v) is 5.43.